The number of aryl methyl sites for hydroxylation is 1. The van der Waals surface area contributed by atoms with Gasteiger partial charge in [-0.3, -0.25) is 9.89 Å². The van der Waals surface area contributed by atoms with Gasteiger partial charge in [0.05, 0.1) is 6.20 Å². The van der Waals surface area contributed by atoms with E-state index in [9.17, 15) is 4.79 Å². The van der Waals surface area contributed by atoms with Crippen molar-refractivity contribution in [3.05, 3.63) is 11.8 Å². The highest BCUT2D eigenvalue weighted by atomic mass is 16.2. The minimum absolute atomic E-state index is 0.0207. The van der Waals surface area contributed by atoms with Crippen LogP contribution in [0.5, 0.6) is 0 Å². The highest BCUT2D eigenvalue weighted by Gasteiger charge is 2.25. The number of amides is 1. The molecule has 0 aliphatic rings. The third kappa shape index (κ3) is 2.13. The van der Waals surface area contributed by atoms with Crippen molar-refractivity contribution < 1.29 is 4.79 Å². The van der Waals surface area contributed by atoms with Crippen molar-refractivity contribution >= 4 is 11.7 Å². The van der Waals surface area contributed by atoms with Gasteiger partial charge in [-0.1, -0.05) is 20.8 Å². The molecule has 1 aromatic rings. The number of aromatic amines is 1. The normalized spacial score (nSPS) is 11.4. The number of anilines is 1. The Labute approximate surface area is 84.1 Å². The summed E-state index contributed by atoms with van der Waals surface area (Å²) in [6.07, 6.45) is 2.50. The Morgan fingerprint density at radius 3 is 2.71 bits per heavy atom. The molecule has 0 atom stereocenters. The van der Waals surface area contributed by atoms with Crippen molar-refractivity contribution in [2.45, 2.75) is 34.1 Å². The van der Waals surface area contributed by atoms with Gasteiger partial charge in [0.1, 0.15) is 5.82 Å². The first kappa shape index (κ1) is 10.8. The zero-order chi connectivity index (χ0) is 10.8. The molecule has 0 saturated heterocycles. The van der Waals surface area contributed by atoms with Crippen LogP contribution < -0.4 is 5.32 Å². The molecule has 0 spiro atoms. The number of nitrogens with one attached hydrogen (secondary N) is 2. The number of hydrogen-bond donors (Lipinski definition) is 2. The molecule has 2 N–H and O–H groups in total. The fourth-order valence-electron chi connectivity index (χ4n) is 0.916. The van der Waals surface area contributed by atoms with Crippen molar-refractivity contribution in [3.63, 3.8) is 0 Å². The molecule has 14 heavy (non-hydrogen) atoms. The lowest BCUT2D eigenvalue weighted by molar-refractivity contribution is -0.124. The van der Waals surface area contributed by atoms with Crippen LogP contribution in [0.3, 0.4) is 0 Å². The second-order valence-corrected chi connectivity index (χ2v) is 4.12. The van der Waals surface area contributed by atoms with Crippen molar-refractivity contribution in [2.75, 3.05) is 5.32 Å². The first-order valence-electron chi connectivity index (χ1n) is 4.79. The van der Waals surface area contributed by atoms with E-state index in [0.29, 0.717) is 5.82 Å². The van der Waals surface area contributed by atoms with Gasteiger partial charge in [-0.05, 0) is 13.3 Å². The highest BCUT2D eigenvalue weighted by molar-refractivity contribution is 5.94. The summed E-state index contributed by atoms with van der Waals surface area (Å²) < 4.78 is 0. The number of carbonyl (C=O) groups excluding carboxylic acids is 1. The minimum atomic E-state index is -0.336. The maximum Gasteiger partial charge on any atom is 0.231 e. The van der Waals surface area contributed by atoms with Gasteiger partial charge in [-0.2, -0.15) is 5.10 Å². The molecule has 0 aliphatic carbocycles. The minimum Gasteiger partial charge on any atom is -0.310 e. The zero-order valence-electron chi connectivity index (χ0n) is 9.14. The Morgan fingerprint density at radius 2 is 2.29 bits per heavy atom. The topological polar surface area (TPSA) is 57.8 Å². The molecule has 0 aliphatic heterocycles. The average Bonchev–Trinajstić information content (AvgIpc) is 2.52. The van der Waals surface area contributed by atoms with E-state index in [-0.39, 0.29) is 11.3 Å². The molecule has 0 saturated carbocycles. The van der Waals surface area contributed by atoms with E-state index in [4.69, 9.17) is 0 Å². The summed E-state index contributed by atoms with van der Waals surface area (Å²) in [5.74, 6) is 0.712. The number of H-pyrrole nitrogens is 1. The quantitative estimate of drug-likeness (QED) is 0.775. The average molecular weight is 195 g/mol. The lowest BCUT2D eigenvalue weighted by Crippen LogP contribution is -2.30. The number of rotatable bonds is 3. The summed E-state index contributed by atoms with van der Waals surface area (Å²) in [5.41, 5.74) is 0.614. The van der Waals surface area contributed by atoms with E-state index in [1.807, 2.05) is 27.7 Å². The summed E-state index contributed by atoms with van der Waals surface area (Å²) in [7, 11) is 0. The van der Waals surface area contributed by atoms with E-state index < -0.39 is 0 Å². The van der Waals surface area contributed by atoms with Gasteiger partial charge in [-0.15, -0.1) is 0 Å². The van der Waals surface area contributed by atoms with Crippen molar-refractivity contribution in [1.82, 2.24) is 10.2 Å². The fraction of sp³-hybridized carbons (Fsp3) is 0.600. The maximum atomic E-state index is 11.8. The van der Waals surface area contributed by atoms with E-state index in [2.05, 4.69) is 15.5 Å². The molecule has 0 aromatic carbocycles. The molecule has 1 aromatic heterocycles. The summed E-state index contributed by atoms with van der Waals surface area (Å²) in [6, 6.07) is 0. The highest BCUT2D eigenvalue weighted by Crippen LogP contribution is 2.22. The lowest BCUT2D eigenvalue weighted by atomic mass is 9.89. The van der Waals surface area contributed by atoms with Crippen molar-refractivity contribution in [2.24, 2.45) is 5.41 Å². The van der Waals surface area contributed by atoms with Crippen LogP contribution in [-0.4, -0.2) is 16.1 Å². The van der Waals surface area contributed by atoms with Crippen molar-refractivity contribution in [3.8, 4) is 0 Å². The second kappa shape index (κ2) is 3.82. The summed E-state index contributed by atoms with van der Waals surface area (Å²) >= 11 is 0. The molecular weight excluding hydrogens is 178 g/mol. The third-order valence-electron chi connectivity index (χ3n) is 2.57. The Kier molecular flexibility index (Phi) is 2.93. The van der Waals surface area contributed by atoms with Crippen LogP contribution in [0.15, 0.2) is 6.20 Å². The first-order valence-corrected chi connectivity index (χ1v) is 4.79. The predicted octanol–water partition coefficient (Wildman–Crippen LogP) is 2.09. The molecule has 1 heterocycles. The molecule has 0 fully saturated rings. The third-order valence-corrected chi connectivity index (χ3v) is 2.57. The first-order chi connectivity index (χ1) is 6.47. The van der Waals surface area contributed by atoms with Crippen LogP contribution >= 0.6 is 0 Å². The summed E-state index contributed by atoms with van der Waals surface area (Å²) in [5, 5.41) is 9.42. The molecule has 0 bridgehead atoms. The molecule has 1 rings (SSSR count). The smallest absolute Gasteiger partial charge is 0.231 e. The predicted molar refractivity (Wildman–Crippen MR) is 56.0 cm³/mol. The SMILES string of the molecule is CCC(C)(C)C(=O)Nc1[nH]ncc1C. The lowest BCUT2D eigenvalue weighted by Gasteiger charge is -2.20. The zero-order valence-corrected chi connectivity index (χ0v) is 9.14. The molecule has 4 heteroatoms. The molecule has 1 amide bonds. The van der Waals surface area contributed by atoms with E-state index in [1.165, 1.54) is 0 Å². The standard InChI is InChI=1S/C10H17N3O/c1-5-10(3,4)9(14)12-8-7(2)6-11-13-8/h6H,5H2,1-4H3,(H2,11,12,13,14). The molecule has 0 radical (unpaired) electrons. The summed E-state index contributed by atoms with van der Waals surface area (Å²) in [6.45, 7) is 7.75. The Balaban J connectivity index is 2.71. The second-order valence-electron chi connectivity index (χ2n) is 4.12. The fourth-order valence-corrected chi connectivity index (χ4v) is 0.916. The number of carbonyl (C=O) groups is 1. The van der Waals surface area contributed by atoms with Gasteiger partial charge in [0.2, 0.25) is 5.91 Å². The Hall–Kier alpha value is -1.32. The van der Waals surface area contributed by atoms with Crippen molar-refractivity contribution in [1.29, 1.82) is 0 Å². The van der Waals surface area contributed by atoms with Crippen LogP contribution in [0.25, 0.3) is 0 Å². The van der Waals surface area contributed by atoms with E-state index in [0.717, 1.165) is 12.0 Å². The number of hydrogen-bond acceptors (Lipinski definition) is 2. The monoisotopic (exact) mass is 195 g/mol. The molecule has 78 valence electrons. The van der Waals surface area contributed by atoms with Gasteiger partial charge < -0.3 is 5.32 Å². The number of nitrogens with zero attached hydrogens (tertiary/aromatic N) is 1. The molecular formula is C10H17N3O. The van der Waals surface area contributed by atoms with Gasteiger partial charge >= 0.3 is 0 Å². The van der Waals surface area contributed by atoms with E-state index >= 15 is 0 Å². The molecule has 4 nitrogen and oxygen atoms in total. The van der Waals surface area contributed by atoms with Gasteiger partial charge in [0, 0.05) is 11.0 Å². The van der Waals surface area contributed by atoms with Crippen LogP contribution in [0.2, 0.25) is 0 Å². The summed E-state index contributed by atoms with van der Waals surface area (Å²) in [4.78, 5) is 11.8. The van der Waals surface area contributed by atoms with Gasteiger partial charge in [0.15, 0.2) is 0 Å². The largest absolute Gasteiger partial charge is 0.310 e. The number of aromatic nitrogens is 2. The molecule has 0 unspecified atom stereocenters. The van der Waals surface area contributed by atoms with Crippen LogP contribution in [-0.2, 0) is 4.79 Å². The Bertz CT molecular complexity index is 328. The van der Waals surface area contributed by atoms with Crippen LogP contribution in [0.1, 0.15) is 32.8 Å². The van der Waals surface area contributed by atoms with Gasteiger partial charge in [-0.25, -0.2) is 0 Å². The van der Waals surface area contributed by atoms with E-state index in [1.54, 1.807) is 6.20 Å². The van der Waals surface area contributed by atoms with Gasteiger partial charge in [0.25, 0.3) is 0 Å². The maximum absolute atomic E-state index is 11.8. The van der Waals surface area contributed by atoms with Crippen LogP contribution in [0, 0.1) is 12.3 Å². The Morgan fingerprint density at radius 1 is 1.64 bits per heavy atom. The van der Waals surface area contributed by atoms with Crippen LogP contribution in [0.4, 0.5) is 5.82 Å².